The Labute approximate surface area is 187 Å². The summed E-state index contributed by atoms with van der Waals surface area (Å²) in [5.74, 6) is 2.52. The molecule has 0 atom stereocenters. The van der Waals surface area contributed by atoms with Crippen LogP contribution >= 0.6 is 34.7 Å². The van der Waals surface area contributed by atoms with Gasteiger partial charge in [-0.25, -0.2) is 4.98 Å². The average molecular weight is 460 g/mol. The highest BCUT2D eigenvalue weighted by molar-refractivity contribution is 7.98. The molecule has 0 radical (unpaired) electrons. The molecule has 4 aromatic rings. The minimum Gasteiger partial charge on any atom is -0.493 e. The highest BCUT2D eigenvalue weighted by Crippen LogP contribution is 2.34. The summed E-state index contributed by atoms with van der Waals surface area (Å²) in [5.41, 5.74) is 2.76. The fourth-order valence-corrected chi connectivity index (χ4v) is 4.40. The van der Waals surface area contributed by atoms with Gasteiger partial charge in [-0.15, -0.1) is 21.5 Å². The van der Waals surface area contributed by atoms with Crippen LogP contribution in [0.25, 0.3) is 22.0 Å². The summed E-state index contributed by atoms with van der Waals surface area (Å²) in [6.07, 6.45) is 0. The first-order chi connectivity index (χ1) is 14.7. The van der Waals surface area contributed by atoms with Crippen LogP contribution in [0.3, 0.4) is 0 Å². The van der Waals surface area contributed by atoms with E-state index in [-0.39, 0.29) is 0 Å². The van der Waals surface area contributed by atoms with Crippen LogP contribution in [0.2, 0.25) is 5.02 Å². The highest BCUT2D eigenvalue weighted by Gasteiger charge is 2.13. The molecule has 0 aliphatic rings. The summed E-state index contributed by atoms with van der Waals surface area (Å²) in [7, 11) is 1.63. The van der Waals surface area contributed by atoms with Crippen molar-refractivity contribution < 1.29 is 13.9 Å². The summed E-state index contributed by atoms with van der Waals surface area (Å²) in [5, 5.41) is 12.3. The molecule has 0 N–H and O–H groups in total. The molecule has 0 unspecified atom stereocenters. The Balaban J connectivity index is 1.42. The van der Waals surface area contributed by atoms with Gasteiger partial charge in [0.05, 0.1) is 19.4 Å². The molecule has 2 aromatic heterocycles. The zero-order chi connectivity index (χ0) is 20.9. The maximum absolute atomic E-state index is 5.92. The molecule has 0 bridgehead atoms. The fourth-order valence-electron chi connectivity index (χ4n) is 2.69. The van der Waals surface area contributed by atoms with Gasteiger partial charge in [-0.3, -0.25) is 0 Å². The van der Waals surface area contributed by atoms with Gasteiger partial charge in [0.1, 0.15) is 5.01 Å². The second kappa shape index (κ2) is 9.51. The zero-order valence-electron chi connectivity index (χ0n) is 16.3. The van der Waals surface area contributed by atoms with Crippen molar-refractivity contribution in [3.8, 4) is 33.5 Å². The van der Waals surface area contributed by atoms with Gasteiger partial charge in [0.25, 0.3) is 5.22 Å². The number of hydrogen-bond acceptors (Lipinski definition) is 8. The van der Waals surface area contributed by atoms with Crippen LogP contribution in [-0.2, 0) is 5.75 Å². The lowest BCUT2D eigenvalue weighted by molar-refractivity contribution is 0.311. The topological polar surface area (TPSA) is 70.3 Å². The van der Waals surface area contributed by atoms with Gasteiger partial charge in [0, 0.05) is 27.3 Å². The van der Waals surface area contributed by atoms with Gasteiger partial charge in [0.2, 0.25) is 5.89 Å². The van der Waals surface area contributed by atoms with Crippen molar-refractivity contribution in [3.05, 3.63) is 58.6 Å². The first-order valence-electron chi connectivity index (χ1n) is 9.14. The molecule has 0 aliphatic heterocycles. The third kappa shape index (κ3) is 4.77. The Morgan fingerprint density at radius 3 is 2.63 bits per heavy atom. The van der Waals surface area contributed by atoms with E-state index in [2.05, 4.69) is 10.2 Å². The predicted octanol–water partition coefficient (Wildman–Crippen LogP) is 6.21. The molecule has 4 rings (SSSR count). The zero-order valence-corrected chi connectivity index (χ0v) is 18.7. The van der Waals surface area contributed by atoms with E-state index in [4.69, 9.17) is 30.5 Å². The Morgan fingerprint density at radius 1 is 1.07 bits per heavy atom. The second-order valence-electron chi connectivity index (χ2n) is 6.11. The lowest BCUT2D eigenvalue weighted by atomic mass is 10.2. The number of aromatic nitrogens is 3. The molecule has 6 nitrogen and oxygen atoms in total. The number of thioether (sulfide) groups is 1. The summed E-state index contributed by atoms with van der Waals surface area (Å²) in [6, 6.07) is 13.1. The average Bonchev–Trinajstić information content (AvgIpc) is 3.43. The quantitative estimate of drug-likeness (QED) is 0.290. The van der Waals surface area contributed by atoms with E-state index in [1.165, 1.54) is 11.8 Å². The van der Waals surface area contributed by atoms with Crippen molar-refractivity contribution in [3.63, 3.8) is 0 Å². The molecule has 0 aliphatic carbocycles. The van der Waals surface area contributed by atoms with Crippen molar-refractivity contribution in [1.82, 2.24) is 15.2 Å². The molecule has 0 fully saturated rings. The lowest BCUT2D eigenvalue weighted by Crippen LogP contribution is -1.95. The second-order valence-corrected chi connectivity index (χ2v) is 8.33. The van der Waals surface area contributed by atoms with Gasteiger partial charge in [-0.2, -0.15) is 0 Å². The molecule has 154 valence electrons. The van der Waals surface area contributed by atoms with Gasteiger partial charge in [-0.05, 0) is 49.4 Å². The van der Waals surface area contributed by atoms with Crippen LogP contribution in [0.1, 0.15) is 12.6 Å². The summed E-state index contributed by atoms with van der Waals surface area (Å²) >= 11 is 8.95. The Kier molecular flexibility index (Phi) is 6.56. The number of hydrogen-bond donors (Lipinski definition) is 0. The summed E-state index contributed by atoms with van der Waals surface area (Å²) in [6.45, 7) is 2.53. The normalized spacial score (nSPS) is 10.9. The molecule has 0 amide bonds. The monoisotopic (exact) mass is 459 g/mol. The van der Waals surface area contributed by atoms with Crippen LogP contribution < -0.4 is 9.47 Å². The third-order valence-electron chi connectivity index (χ3n) is 4.10. The first kappa shape index (κ1) is 20.7. The Morgan fingerprint density at radius 2 is 1.87 bits per heavy atom. The SMILES string of the molecule is CCOc1ccc(-c2nc(CSc3nnc(-c4ccc(Cl)cc4)o3)cs2)cc1OC. The first-order valence-corrected chi connectivity index (χ1v) is 11.4. The molecule has 0 saturated carbocycles. The van der Waals surface area contributed by atoms with Crippen LogP contribution in [0.4, 0.5) is 0 Å². The molecule has 9 heteroatoms. The van der Waals surface area contributed by atoms with E-state index in [0.29, 0.717) is 34.2 Å². The van der Waals surface area contributed by atoms with Crippen molar-refractivity contribution in [2.45, 2.75) is 17.9 Å². The number of methoxy groups -OCH3 is 1. The molecule has 30 heavy (non-hydrogen) atoms. The van der Waals surface area contributed by atoms with E-state index in [1.54, 1.807) is 30.6 Å². The third-order valence-corrected chi connectivity index (χ3v) is 6.15. The van der Waals surface area contributed by atoms with Crippen LogP contribution in [0, 0.1) is 0 Å². The molecular weight excluding hydrogens is 442 g/mol. The number of rotatable bonds is 8. The van der Waals surface area contributed by atoms with E-state index in [0.717, 1.165) is 27.6 Å². The Bertz CT molecular complexity index is 1130. The molecule has 2 aromatic carbocycles. The number of thiazole rings is 1. The Hall–Kier alpha value is -2.55. The van der Waals surface area contributed by atoms with Gasteiger partial charge in [-0.1, -0.05) is 23.4 Å². The van der Waals surface area contributed by atoms with Crippen molar-refractivity contribution in [2.75, 3.05) is 13.7 Å². The number of benzene rings is 2. The van der Waals surface area contributed by atoms with Crippen molar-refractivity contribution in [2.24, 2.45) is 0 Å². The fraction of sp³-hybridized carbons (Fsp3) is 0.190. The number of halogens is 1. The molecule has 0 spiro atoms. The minimum atomic E-state index is 0.467. The minimum absolute atomic E-state index is 0.467. The van der Waals surface area contributed by atoms with Gasteiger partial charge in [0.15, 0.2) is 11.5 Å². The lowest BCUT2D eigenvalue weighted by Gasteiger charge is -2.09. The maximum Gasteiger partial charge on any atom is 0.277 e. The molecule has 2 heterocycles. The van der Waals surface area contributed by atoms with Crippen molar-refractivity contribution >= 4 is 34.7 Å². The van der Waals surface area contributed by atoms with E-state index in [9.17, 15) is 0 Å². The van der Waals surface area contributed by atoms with Crippen LogP contribution in [0.5, 0.6) is 11.5 Å². The van der Waals surface area contributed by atoms with E-state index >= 15 is 0 Å². The molecular formula is C21H18ClN3O3S2. The van der Waals surface area contributed by atoms with E-state index < -0.39 is 0 Å². The molecule has 0 saturated heterocycles. The van der Waals surface area contributed by atoms with Crippen LogP contribution in [-0.4, -0.2) is 28.9 Å². The van der Waals surface area contributed by atoms with Crippen LogP contribution in [0.15, 0.2) is 57.5 Å². The van der Waals surface area contributed by atoms with Gasteiger partial charge < -0.3 is 13.9 Å². The highest BCUT2D eigenvalue weighted by atomic mass is 35.5. The summed E-state index contributed by atoms with van der Waals surface area (Å²) in [4.78, 5) is 4.72. The number of ether oxygens (including phenoxy) is 2. The standard InChI is InChI=1S/C21H18ClN3O3S2/c1-3-27-17-9-6-14(10-18(17)26-2)20-23-16(11-29-20)12-30-21-25-24-19(28-21)13-4-7-15(22)8-5-13/h4-11H,3,12H2,1-2H3. The van der Waals surface area contributed by atoms with E-state index in [1.807, 2.05) is 42.6 Å². The van der Waals surface area contributed by atoms with Crippen molar-refractivity contribution in [1.29, 1.82) is 0 Å². The summed E-state index contributed by atoms with van der Waals surface area (Å²) < 4.78 is 16.7. The number of nitrogens with zero attached hydrogens (tertiary/aromatic N) is 3. The largest absolute Gasteiger partial charge is 0.493 e. The predicted molar refractivity (Wildman–Crippen MR) is 120 cm³/mol. The van der Waals surface area contributed by atoms with Gasteiger partial charge >= 0.3 is 0 Å². The smallest absolute Gasteiger partial charge is 0.277 e. The maximum atomic E-state index is 5.92.